The molecule has 176 valence electrons. The van der Waals surface area contributed by atoms with Crippen LogP contribution in [0.5, 0.6) is 0 Å². The van der Waals surface area contributed by atoms with Crippen LogP contribution in [0.4, 0.5) is 5.69 Å². The van der Waals surface area contributed by atoms with Crippen LogP contribution in [-0.2, 0) is 6.42 Å². The van der Waals surface area contributed by atoms with Crippen molar-refractivity contribution in [1.82, 2.24) is 15.2 Å². The van der Waals surface area contributed by atoms with Gasteiger partial charge in [0.15, 0.2) is 5.96 Å². The Morgan fingerprint density at radius 2 is 1.91 bits per heavy atom. The zero-order valence-corrected chi connectivity index (χ0v) is 21.6. The van der Waals surface area contributed by atoms with Gasteiger partial charge < -0.3 is 19.5 Å². The molecule has 32 heavy (non-hydrogen) atoms. The summed E-state index contributed by atoms with van der Waals surface area (Å²) in [6.45, 7) is 4.10. The van der Waals surface area contributed by atoms with Crippen LogP contribution in [0.15, 0.2) is 52.3 Å². The van der Waals surface area contributed by atoms with E-state index < -0.39 is 0 Å². The molecule has 1 saturated heterocycles. The van der Waals surface area contributed by atoms with Crippen LogP contribution in [0.2, 0.25) is 0 Å². The molecular weight excluding hydrogens is 513 g/mol. The standard InChI is InChI=1S/C25H37N5O.HI/c1-29(17-11-21-12-18-30(19-13-21)23-8-14-26-15-9-23)25(28-22-5-2-3-6-22)27-16-10-24-7-4-20-31-24;/h4,7-9,14-15,20-22H,2-3,5-6,10-13,16-19H2,1H3,(H,27,28);1H. The minimum Gasteiger partial charge on any atom is -0.469 e. The molecule has 7 heteroatoms. The second-order valence-electron chi connectivity index (χ2n) is 9.01. The number of halogens is 1. The topological polar surface area (TPSA) is 56.9 Å². The van der Waals surface area contributed by atoms with E-state index in [2.05, 4.69) is 39.3 Å². The number of nitrogens with zero attached hydrogens (tertiary/aromatic N) is 4. The smallest absolute Gasteiger partial charge is 0.193 e. The van der Waals surface area contributed by atoms with Crippen molar-refractivity contribution in [2.75, 3.05) is 38.1 Å². The lowest BCUT2D eigenvalue weighted by atomic mass is 9.93. The zero-order valence-electron chi connectivity index (χ0n) is 19.3. The molecule has 0 unspecified atom stereocenters. The quantitative estimate of drug-likeness (QED) is 0.286. The summed E-state index contributed by atoms with van der Waals surface area (Å²) in [7, 11) is 2.19. The Morgan fingerprint density at radius 3 is 2.59 bits per heavy atom. The van der Waals surface area contributed by atoms with Crippen molar-refractivity contribution in [2.45, 2.75) is 57.4 Å². The first-order chi connectivity index (χ1) is 15.3. The maximum absolute atomic E-state index is 5.47. The minimum absolute atomic E-state index is 0. The molecule has 4 rings (SSSR count). The fourth-order valence-electron chi connectivity index (χ4n) is 4.77. The Balaban J connectivity index is 0.00000289. The summed E-state index contributed by atoms with van der Waals surface area (Å²) in [5.74, 6) is 2.86. The van der Waals surface area contributed by atoms with Crippen LogP contribution in [0, 0.1) is 5.92 Å². The van der Waals surface area contributed by atoms with E-state index in [1.165, 1.54) is 50.6 Å². The van der Waals surface area contributed by atoms with Crippen LogP contribution in [0.3, 0.4) is 0 Å². The monoisotopic (exact) mass is 551 g/mol. The lowest BCUT2D eigenvalue weighted by Crippen LogP contribution is -2.44. The molecule has 0 spiro atoms. The van der Waals surface area contributed by atoms with E-state index in [1.54, 1.807) is 6.26 Å². The highest BCUT2D eigenvalue weighted by Gasteiger charge is 2.22. The van der Waals surface area contributed by atoms with Crippen molar-refractivity contribution in [1.29, 1.82) is 0 Å². The Bertz CT molecular complexity index is 784. The predicted octanol–water partition coefficient (Wildman–Crippen LogP) is 4.96. The normalized spacial score (nSPS) is 17.9. The van der Waals surface area contributed by atoms with Crippen LogP contribution in [0.25, 0.3) is 0 Å². The third-order valence-electron chi connectivity index (χ3n) is 6.77. The minimum atomic E-state index is 0. The first-order valence-corrected chi connectivity index (χ1v) is 12.0. The van der Waals surface area contributed by atoms with E-state index >= 15 is 0 Å². The second-order valence-corrected chi connectivity index (χ2v) is 9.01. The van der Waals surface area contributed by atoms with Gasteiger partial charge >= 0.3 is 0 Å². The van der Waals surface area contributed by atoms with E-state index in [9.17, 15) is 0 Å². The van der Waals surface area contributed by atoms with Crippen molar-refractivity contribution in [3.05, 3.63) is 48.7 Å². The van der Waals surface area contributed by atoms with Gasteiger partial charge in [0, 0.05) is 63.8 Å². The number of rotatable bonds is 8. The van der Waals surface area contributed by atoms with Crippen molar-refractivity contribution >= 4 is 35.6 Å². The summed E-state index contributed by atoms with van der Waals surface area (Å²) in [6.07, 6.45) is 15.3. The van der Waals surface area contributed by atoms with Gasteiger partial charge in [-0.2, -0.15) is 0 Å². The van der Waals surface area contributed by atoms with Crippen molar-refractivity contribution in [3.63, 3.8) is 0 Å². The number of nitrogens with one attached hydrogen (secondary N) is 1. The number of hydrogen-bond donors (Lipinski definition) is 1. The van der Waals surface area contributed by atoms with E-state index in [4.69, 9.17) is 9.41 Å². The van der Waals surface area contributed by atoms with Crippen LogP contribution in [0.1, 0.15) is 50.7 Å². The SMILES string of the molecule is CN(CCC1CCN(c2ccncc2)CC1)C(=NCCc1ccco1)NC1CCCC1.I. The van der Waals surface area contributed by atoms with Gasteiger partial charge in [0.05, 0.1) is 6.26 Å². The fourth-order valence-corrected chi connectivity index (χ4v) is 4.77. The zero-order chi connectivity index (χ0) is 21.3. The summed E-state index contributed by atoms with van der Waals surface area (Å²) in [5.41, 5.74) is 1.30. The van der Waals surface area contributed by atoms with Gasteiger partial charge in [-0.1, -0.05) is 12.8 Å². The molecule has 0 aromatic carbocycles. The second kappa shape index (κ2) is 13.1. The summed E-state index contributed by atoms with van der Waals surface area (Å²) in [5, 5.41) is 3.74. The molecule has 2 aliphatic rings. The highest BCUT2D eigenvalue weighted by Crippen LogP contribution is 2.25. The Hall–Kier alpha value is -1.77. The molecule has 0 amide bonds. The number of anilines is 1. The molecule has 1 aliphatic carbocycles. The molecule has 2 aromatic rings. The number of aliphatic imine (C=N–C) groups is 1. The van der Waals surface area contributed by atoms with Gasteiger partial charge in [0.25, 0.3) is 0 Å². The third kappa shape index (κ3) is 7.39. The van der Waals surface area contributed by atoms with Crippen molar-refractivity contribution in [3.8, 4) is 0 Å². The highest BCUT2D eigenvalue weighted by molar-refractivity contribution is 14.0. The number of furan rings is 1. The maximum Gasteiger partial charge on any atom is 0.193 e. The molecular formula is C25H38IN5O. The number of aromatic nitrogens is 1. The Morgan fingerprint density at radius 1 is 1.16 bits per heavy atom. The summed E-state index contributed by atoms with van der Waals surface area (Å²) < 4.78 is 5.47. The van der Waals surface area contributed by atoms with Gasteiger partial charge in [-0.05, 0) is 62.3 Å². The highest BCUT2D eigenvalue weighted by atomic mass is 127. The molecule has 0 atom stereocenters. The largest absolute Gasteiger partial charge is 0.469 e. The first kappa shape index (κ1) is 24.9. The Kier molecular flexibility index (Phi) is 10.1. The van der Waals surface area contributed by atoms with Gasteiger partial charge in [-0.15, -0.1) is 24.0 Å². The number of hydrogen-bond acceptors (Lipinski definition) is 4. The third-order valence-corrected chi connectivity index (χ3v) is 6.77. The summed E-state index contributed by atoms with van der Waals surface area (Å²) >= 11 is 0. The van der Waals surface area contributed by atoms with Crippen molar-refractivity contribution < 1.29 is 4.42 Å². The van der Waals surface area contributed by atoms with Gasteiger partial charge in [-0.25, -0.2) is 0 Å². The van der Waals surface area contributed by atoms with Crippen molar-refractivity contribution in [2.24, 2.45) is 10.9 Å². The lowest BCUT2D eigenvalue weighted by Gasteiger charge is -2.34. The maximum atomic E-state index is 5.47. The van der Waals surface area contributed by atoms with E-state index in [0.29, 0.717) is 6.04 Å². The predicted molar refractivity (Wildman–Crippen MR) is 142 cm³/mol. The van der Waals surface area contributed by atoms with Gasteiger partial charge in [0.2, 0.25) is 0 Å². The van der Waals surface area contributed by atoms with E-state index in [0.717, 1.165) is 50.2 Å². The number of piperidine rings is 1. The molecule has 1 aliphatic heterocycles. The van der Waals surface area contributed by atoms with E-state index in [1.807, 2.05) is 24.5 Å². The van der Waals surface area contributed by atoms with Crippen LogP contribution in [-0.4, -0.2) is 55.1 Å². The van der Waals surface area contributed by atoms with Gasteiger partial charge in [0.1, 0.15) is 5.76 Å². The molecule has 1 saturated carbocycles. The van der Waals surface area contributed by atoms with Crippen LogP contribution >= 0.6 is 24.0 Å². The van der Waals surface area contributed by atoms with Crippen LogP contribution < -0.4 is 10.2 Å². The molecule has 6 nitrogen and oxygen atoms in total. The molecule has 2 aromatic heterocycles. The average molecular weight is 552 g/mol. The summed E-state index contributed by atoms with van der Waals surface area (Å²) in [4.78, 5) is 13.9. The molecule has 0 bridgehead atoms. The number of guanidine groups is 1. The van der Waals surface area contributed by atoms with Gasteiger partial charge in [-0.3, -0.25) is 9.98 Å². The fraction of sp³-hybridized carbons (Fsp3) is 0.600. The number of pyridine rings is 1. The molecule has 0 radical (unpaired) electrons. The summed E-state index contributed by atoms with van der Waals surface area (Å²) in [6, 6.07) is 8.79. The average Bonchev–Trinajstić information content (AvgIpc) is 3.52. The molecule has 1 N–H and O–H groups in total. The van der Waals surface area contributed by atoms with E-state index in [-0.39, 0.29) is 24.0 Å². The first-order valence-electron chi connectivity index (χ1n) is 12.0. The Labute approximate surface area is 209 Å². The molecule has 3 heterocycles. The molecule has 2 fully saturated rings. The lowest BCUT2D eigenvalue weighted by molar-refractivity contribution is 0.337.